The number of hydrogen-bond donors (Lipinski definition) is 0. The van der Waals surface area contributed by atoms with Gasteiger partial charge < -0.3 is 9.47 Å². The maximum absolute atomic E-state index is 12.3. The van der Waals surface area contributed by atoms with Crippen molar-refractivity contribution in [2.45, 2.75) is 71.2 Å². The van der Waals surface area contributed by atoms with Gasteiger partial charge in [0.1, 0.15) is 6.10 Å². The molecule has 2 aliphatic rings. The van der Waals surface area contributed by atoms with Gasteiger partial charge in [-0.2, -0.15) is 0 Å². The zero-order valence-electron chi connectivity index (χ0n) is 21.8. The number of fused-ring (bicyclic) bond motifs is 7. The lowest BCUT2D eigenvalue weighted by Crippen LogP contribution is -2.36. The topological polar surface area (TPSA) is 35.5 Å². The molecule has 0 saturated heterocycles. The van der Waals surface area contributed by atoms with Gasteiger partial charge in [-0.3, -0.25) is 4.79 Å². The number of esters is 1. The molecule has 3 nitrogen and oxygen atoms in total. The molecule has 2 saturated carbocycles. The highest BCUT2D eigenvalue weighted by atomic mass is 16.5. The van der Waals surface area contributed by atoms with E-state index in [-0.39, 0.29) is 29.7 Å². The second-order valence-corrected chi connectivity index (χ2v) is 11.6. The molecule has 0 radical (unpaired) electrons. The molecule has 0 heterocycles. The van der Waals surface area contributed by atoms with Crippen molar-refractivity contribution >= 4 is 38.3 Å². The Bertz CT molecular complexity index is 1450. The summed E-state index contributed by atoms with van der Waals surface area (Å²) in [5.41, 5.74) is 0.822. The van der Waals surface area contributed by atoms with E-state index in [9.17, 15) is 4.79 Å². The maximum atomic E-state index is 12.3. The summed E-state index contributed by atoms with van der Waals surface area (Å²) in [6, 6.07) is 24.4. The van der Waals surface area contributed by atoms with Crippen molar-refractivity contribution in [2.24, 2.45) is 17.8 Å². The zero-order chi connectivity index (χ0) is 25.0. The Morgan fingerprint density at radius 2 is 1.47 bits per heavy atom. The van der Waals surface area contributed by atoms with Crippen LogP contribution in [0.3, 0.4) is 0 Å². The summed E-state index contributed by atoms with van der Waals surface area (Å²) in [5.74, 6) is 0.853. The summed E-state index contributed by atoms with van der Waals surface area (Å²) >= 11 is 0. The molecule has 2 fully saturated rings. The van der Waals surface area contributed by atoms with Crippen molar-refractivity contribution in [3.05, 3.63) is 72.3 Å². The van der Waals surface area contributed by atoms with Gasteiger partial charge in [0, 0.05) is 0 Å². The third kappa shape index (κ3) is 3.98. The number of ether oxygens (including phenoxy) is 2. The van der Waals surface area contributed by atoms with Crippen molar-refractivity contribution in [2.75, 3.05) is 0 Å². The first kappa shape index (κ1) is 23.5. The highest BCUT2D eigenvalue weighted by Crippen LogP contribution is 2.49. The largest absolute Gasteiger partial charge is 0.462 e. The first-order valence-corrected chi connectivity index (χ1v) is 13.6. The smallest absolute Gasteiger partial charge is 0.308 e. The predicted molar refractivity (Wildman–Crippen MR) is 147 cm³/mol. The fourth-order valence-corrected chi connectivity index (χ4v) is 6.54. The molecule has 4 aromatic carbocycles. The number of benzene rings is 4. The standard InChI is InChI=1S/C33H36O3/c1-5-20(2)32(34)35-30-18-24-16-23(30)19-31(24)36-33(3,4)25-12-15-27-22(17-25)11-14-28-26-9-7-6-8-21(26)10-13-29(27)28/h6-15,17,20,23-24,30-31H,5,16,18-19H2,1-4H3. The molecule has 0 aromatic heterocycles. The van der Waals surface area contributed by atoms with Crippen LogP contribution in [0.1, 0.15) is 58.9 Å². The van der Waals surface area contributed by atoms with E-state index in [1.54, 1.807) is 0 Å². The van der Waals surface area contributed by atoms with E-state index in [2.05, 4.69) is 80.6 Å². The van der Waals surface area contributed by atoms with Crippen LogP contribution in [0.15, 0.2) is 66.7 Å². The summed E-state index contributed by atoms with van der Waals surface area (Å²) < 4.78 is 12.7. The van der Waals surface area contributed by atoms with Crippen LogP contribution in [0.2, 0.25) is 0 Å². The van der Waals surface area contributed by atoms with E-state index < -0.39 is 0 Å². The van der Waals surface area contributed by atoms with Crippen LogP contribution in [-0.2, 0) is 19.9 Å². The zero-order valence-corrected chi connectivity index (χ0v) is 21.8. The average molecular weight is 481 g/mol. The molecule has 3 heteroatoms. The number of hydrogen-bond acceptors (Lipinski definition) is 3. The van der Waals surface area contributed by atoms with Crippen LogP contribution in [0.5, 0.6) is 0 Å². The van der Waals surface area contributed by atoms with Crippen molar-refractivity contribution in [3.8, 4) is 0 Å². The third-order valence-corrected chi connectivity index (χ3v) is 8.89. The SMILES string of the molecule is CCC(C)C(=O)OC1CC2CC1CC2OC(C)(C)c1ccc2c(ccc3c4ccccc4ccc23)c1. The number of carbonyl (C=O) groups excluding carboxylic acids is 1. The molecule has 6 rings (SSSR count). The molecule has 2 aliphatic carbocycles. The Kier molecular flexibility index (Phi) is 5.80. The van der Waals surface area contributed by atoms with Gasteiger partial charge in [0.15, 0.2) is 0 Å². The van der Waals surface area contributed by atoms with E-state index in [0.29, 0.717) is 11.8 Å². The Hall–Kier alpha value is -2.91. The minimum Gasteiger partial charge on any atom is -0.462 e. The monoisotopic (exact) mass is 480 g/mol. The first-order valence-electron chi connectivity index (χ1n) is 13.6. The Morgan fingerprint density at radius 3 is 2.19 bits per heavy atom. The fourth-order valence-electron chi connectivity index (χ4n) is 6.54. The fraction of sp³-hybridized carbons (Fsp3) is 0.424. The van der Waals surface area contributed by atoms with Gasteiger partial charge >= 0.3 is 5.97 Å². The Morgan fingerprint density at radius 1 is 0.833 bits per heavy atom. The van der Waals surface area contributed by atoms with Gasteiger partial charge in [-0.05, 0) is 95.3 Å². The minimum atomic E-state index is -0.384. The van der Waals surface area contributed by atoms with Gasteiger partial charge in [0.05, 0.1) is 17.6 Å². The Balaban J connectivity index is 1.21. The maximum Gasteiger partial charge on any atom is 0.308 e. The van der Waals surface area contributed by atoms with Gasteiger partial charge in [-0.15, -0.1) is 0 Å². The number of rotatable bonds is 6. The summed E-state index contributed by atoms with van der Waals surface area (Å²) in [6.45, 7) is 8.37. The molecular weight excluding hydrogens is 444 g/mol. The summed E-state index contributed by atoms with van der Waals surface area (Å²) in [7, 11) is 0. The van der Waals surface area contributed by atoms with Gasteiger partial charge in [0.2, 0.25) is 0 Å². The first-order chi connectivity index (χ1) is 17.3. The van der Waals surface area contributed by atoms with Crippen LogP contribution in [0, 0.1) is 17.8 Å². The van der Waals surface area contributed by atoms with Crippen molar-refractivity contribution < 1.29 is 14.3 Å². The summed E-state index contributed by atoms with van der Waals surface area (Å²) in [4.78, 5) is 12.3. The highest BCUT2D eigenvalue weighted by molar-refractivity contribution is 6.17. The molecule has 5 atom stereocenters. The van der Waals surface area contributed by atoms with Gasteiger partial charge in [-0.25, -0.2) is 0 Å². The normalized spacial score (nSPS) is 24.6. The second kappa shape index (κ2) is 8.88. The summed E-state index contributed by atoms with van der Waals surface area (Å²) in [6.07, 6.45) is 4.16. The lowest BCUT2D eigenvalue weighted by molar-refractivity contribution is -0.160. The molecule has 0 amide bonds. The molecule has 0 aliphatic heterocycles. The minimum absolute atomic E-state index is 0.0150. The average Bonchev–Trinajstić information content (AvgIpc) is 3.47. The number of carbonyl (C=O) groups is 1. The lowest BCUT2D eigenvalue weighted by Gasteiger charge is -2.35. The van der Waals surface area contributed by atoms with Crippen LogP contribution < -0.4 is 0 Å². The van der Waals surface area contributed by atoms with Gasteiger partial charge in [-0.1, -0.05) is 74.5 Å². The van der Waals surface area contributed by atoms with Crippen LogP contribution >= 0.6 is 0 Å². The molecule has 2 bridgehead atoms. The molecule has 36 heavy (non-hydrogen) atoms. The van der Waals surface area contributed by atoms with Crippen molar-refractivity contribution in [3.63, 3.8) is 0 Å². The van der Waals surface area contributed by atoms with Crippen LogP contribution in [0.25, 0.3) is 32.3 Å². The van der Waals surface area contributed by atoms with Crippen molar-refractivity contribution in [1.82, 2.24) is 0 Å². The van der Waals surface area contributed by atoms with E-state index in [1.165, 1.54) is 37.9 Å². The van der Waals surface area contributed by atoms with Crippen molar-refractivity contribution in [1.29, 1.82) is 0 Å². The van der Waals surface area contributed by atoms with Gasteiger partial charge in [0.25, 0.3) is 0 Å². The van der Waals surface area contributed by atoms with E-state index >= 15 is 0 Å². The summed E-state index contributed by atoms with van der Waals surface area (Å²) in [5, 5.41) is 7.70. The molecule has 0 N–H and O–H groups in total. The molecule has 5 unspecified atom stereocenters. The van der Waals surface area contributed by atoms with E-state index in [0.717, 1.165) is 25.7 Å². The second-order valence-electron chi connectivity index (χ2n) is 11.6. The highest BCUT2D eigenvalue weighted by Gasteiger charge is 2.49. The molecule has 186 valence electrons. The molecule has 0 spiro atoms. The molecule has 4 aromatic rings. The molecular formula is C33H36O3. The third-order valence-electron chi connectivity index (χ3n) is 8.89. The Labute approximate surface area is 213 Å². The van der Waals surface area contributed by atoms with Crippen LogP contribution in [0.4, 0.5) is 0 Å². The van der Waals surface area contributed by atoms with E-state index in [1.807, 2.05) is 13.8 Å². The van der Waals surface area contributed by atoms with E-state index in [4.69, 9.17) is 9.47 Å². The lowest BCUT2D eigenvalue weighted by atomic mass is 9.90. The predicted octanol–water partition coefficient (Wildman–Crippen LogP) is 8.15. The quantitative estimate of drug-likeness (QED) is 0.206. The van der Waals surface area contributed by atoms with Crippen LogP contribution in [-0.4, -0.2) is 18.2 Å².